The highest BCUT2D eigenvalue weighted by atomic mass is 32.2. The molecule has 0 aromatic heterocycles. The maximum Gasteiger partial charge on any atom is 0.241 e. The summed E-state index contributed by atoms with van der Waals surface area (Å²) >= 11 is 4.87. The van der Waals surface area contributed by atoms with Crippen molar-refractivity contribution >= 4 is 27.2 Å². The van der Waals surface area contributed by atoms with E-state index in [0.29, 0.717) is 12.1 Å². The van der Waals surface area contributed by atoms with E-state index in [2.05, 4.69) is 4.72 Å². The Hall–Kier alpha value is -1.02. The van der Waals surface area contributed by atoms with Crippen molar-refractivity contribution in [2.45, 2.75) is 11.3 Å². The molecule has 19 heavy (non-hydrogen) atoms. The van der Waals surface area contributed by atoms with Gasteiger partial charge >= 0.3 is 0 Å². The van der Waals surface area contributed by atoms with Gasteiger partial charge in [0.25, 0.3) is 0 Å². The summed E-state index contributed by atoms with van der Waals surface area (Å²) in [5.74, 6) is 0. The lowest BCUT2D eigenvalue weighted by Crippen LogP contribution is -2.29. The van der Waals surface area contributed by atoms with Crippen LogP contribution in [0.3, 0.4) is 0 Å². The Morgan fingerprint density at radius 2 is 2.00 bits per heavy atom. The Kier molecular flexibility index (Phi) is 5.86. The van der Waals surface area contributed by atoms with Crippen LogP contribution in [0.4, 0.5) is 0 Å². The van der Waals surface area contributed by atoms with Crippen LogP contribution in [0.1, 0.15) is 12.0 Å². The molecule has 0 amide bonds. The number of hydrogen-bond acceptors (Lipinski definition) is 4. The van der Waals surface area contributed by atoms with Gasteiger partial charge in [0.2, 0.25) is 10.0 Å². The number of nitrogens with one attached hydrogen (secondary N) is 1. The van der Waals surface area contributed by atoms with Crippen LogP contribution in [0.2, 0.25) is 0 Å². The minimum Gasteiger partial charge on any atom is -0.389 e. The van der Waals surface area contributed by atoms with E-state index in [4.69, 9.17) is 18.0 Å². The largest absolute Gasteiger partial charge is 0.389 e. The first-order chi connectivity index (χ1) is 8.84. The maximum atomic E-state index is 12.2. The van der Waals surface area contributed by atoms with Crippen LogP contribution in [-0.4, -0.2) is 45.5 Å². The summed E-state index contributed by atoms with van der Waals surface area (Å²) in [6, 6.07) is 6.47. The normalized spacial score (nSPS) is 11.7. The second-order valence-electron chi connectivity index (χ2n) is 4.42. The smallest absolute Gasteiger partial charge is 0.241 e. The first-order valence-corrected chi connectivity index (χ1v) is 7.77. The van der Waals surface area contributed by atoms with Gasteiger partial charge in [0.05, 0.1) is 4.90 Å². The number of nitrogens with zero attached hydrogens (tertiary/aromatic N) is 1. The zero-order chi connectivity index (χ0) is 14.5. The third-order valence-corrected chi connectivity index (χ3v) is 4.26. The fourth-order valence-electron chi connectivity index (χ4n) is 1.58. The molecule has 0 heterocycles. The van der Waals surface area contributed by atoms with Crippen molar-refractivity contribution in [3.63, 3.8) is 0 Å². The summed E-state index contributed by atoms with van der Waals surface area (Å²) < 4.78 is 26.9. The first kappa shape index (κ1) is 16.0. The minimum absolute atomic E-state index is 0.0780. The van der Waals surface area contributed by atoms with Gasteiger partial charge in [0.1, 0.15) is 4.99 Å². The van der Waals surface area contributed by atoms with Crippen LogP contribution in [0.5, 0.6) is 0 Å². The molecule has 0 saturated carbocycles. The van der Waals surface area contributed by atoms with Gasteiger partial charge in [-0.15, -0.1) is 0 Å². The lowest BCUT2D eigenvalue weighted by atomic mass is 10.2. The van der Waals surface area contributed by atoms with E-state index in [-0.39, 0.29) is 9.88 Å². The van der Waals surface area contributed by atoms with Crippen molar-refractivity contribution in [1.82, 2.24) is 9.62 Å². The van der Waals surface area contributed by atoms with E-state index in [9.17, 15) is 8.42 Å². The number of benzene rings is 1. The van der Waals surface area contributed by atoms with E-state index < -0.39 is 10.0 Å². The van der Waals surface area contributed by atoms with Crippen LogP contribution in [0, 0.1) is 0 Å². The molecule has 0 bridgehead atoms. The molecule has 0 aliphatic rings. The van der Waals surface area contributed by atoms with Gasteiger partial charge in [-0.2, -0.15) is 0 Å². The monoisotopic (exact) mass is 301 g/mol. The second-order valence-corrected chi connectivity index (χ2v) is 6.59. The Bertz CT molecular complexity index is 542. The molecule has 1 aromatic carbocycles. The Labute approximate surface area is 119 Å². The van der Waals surface area contributed by atoms with Crippen molar-refractivity contribution in [1.29, 1.82) is 0 Å². The molecule has 0 spiro atoms. The number of nitrogens with two attached hydrogens (primary N) is 1. The van der Waals surface area contributed by atoms with Gasteiger partial charge in [0, 0.05) is 12.1 Å². The molecular weight excluding hydrogens is 282 g/mol. The molecule has 0 fully saturated rings. The van der Waals surface area contributed by atoms with E-state index in [1.807, 2.05) is 19.0 Å². The molecule has 0 aliphatic carbocycles. The minimum atomic E-state index is -3.57. The number of thiocarbonyl (C=S) groups is 1. The zero-order valence-electron chi connectivity index (χ0n) is 11.1. The fourth-order valence-corrected chi connectivity index (χ4v) is 3.12. The van der Waals surface area contributed by atoms with Gasteiger partial charge in [-0.25, -0.2) is 13.1 Å². The highest BCUT2D eigenvalue weighted by Crippen LogP contribution is 2.14. The molecule has 1 aromatic rings. The molecule has 0 atom stereocenters. The highest BCUT2D eigenvalue weighted by molar-refractivity contribution is 7.89. The molecule has 0 saturated heterocycles. The van der Waals surface area contributed by atoms with Crippen molar-refractivity contribution in [3.05, 3.63) is 29.8 Å². The van der Waals surface area contributed by atoms with Crippen LogP contribution in [0.15, 0.2) is 29.2 Å². The average Bonchev–Trinajstić information content (AvgIpc) is 2.34. The van der Waals surface area contributed by atoms with E-state index in [0.717, 1.165) is 13.0 Å². The quantitative estimate of drug-likeness (QED) is 0.568. The molecule has 0 unspecified atom stereocenters. The van der Waals surface area contributed by atoms with Crippen LogP contribution < -0.4 is 10.5 Å². The summed E-state index contributed by atoms with van der Waals surface area (Å²) in [7, 11) is 0.312. The lowest BCUT2D eigenvalue weighted by Gasteiger charge is -2.12. The molecule has 7 heteroatoms. The number of sulfonamides is 1. The molecule has 5 nitrogen and oxygen atoms in total. The molecule has 0 radical (unpaired) electrons. The fraction of sp³-hybridized carbons (Fsp3) is 0.417. The summed E-state index contributed by atoms with van der Waals surface area (Å²) in [6.45, 7) is 1.20. The van der Waals surface area contributed by atoms with E-state index in [1.165, 1.54) is 6.07 Å². The average molecular weight is 301 g/mol. The second kappa shape index (κ2) is 6.95. The Morgan fingerprint density at radius 1 is 1.37 bits per heavy atom. The Balaban J connectivity index is 2.80. The third kappa shape index (κ3) is 4.87. The van der Waals surface area contributed by atoms with Crippen LogP contribution in [0.25, 0.3) is 0 Å². The predicted octanol–water partition coefficient (Wildman–Crippen LogP) is 0.551. The van der Waals surface area contributed by atoms with Crippen LogP contribution >= 0.6 is 12.2 Å². The highest BCUT2D eigenvalue weighted by Gasteiger charge is 2.18. The SMILES string of the molecule is CN(C)CCCNS(=O)(=O)c1ccccc1C(N)=S. The lowest BCUT2D eigenvalue weighted by molar-refractivity contribution is 0.400. The molecule has 106 valence electrons. The summed E-state index contributed by atoms with van der Waals surface area (Å²) in [5.41, 5.74) is 5.91. The van der Waals surface area contributed by atoms with Gasteiger partial charge in [-0.1, -0.05) is 30.4 Å². The zero-order valence-corrected chi connectivity index (χ0v) is 12.7. The van der Waals surface area contributed by atoms with Gasteiger partial charge in [0.15, 0.2) is 0 Å². The summed E-state index contributed by atoms with van der Waals surface area (Å²) in [6.07, 6.45) is 0.738. The molecular formula is C12H19N3O2S2. The summed E-state index contributed by atoms with van der Waals surface area (Å²) in [4.78, 5) is 2.21. The standard InChI is InChI=1S/C12H19N3O2S2/c1-15(2)9-5-8-14-19(16,17)11-7-4-3-6-10(11)12(13)18/h3-4,6-7,14H,5,8-9H2,1-2H3,(H2,13,18). The number of rotatable bonds is 7. The van der Waals surface area contributed by atoms with Crippen molar-refractivity contribution < 1.29 is 8.42 Å². The van der Waals surface area contributed by atoms with Crippen molar-refractivity contribution in [2.24, 2.45) is 5.73 Å². The first-order valence-electron chi connectivity index (χ1n) is 5.88. The van der Waals surface area contributed by atoms with Crippen LogP contribution in [-0.2, 0) is 10.0 Å². The molecule has 0 aliphatic heterocycles. The van der Waals surface area contributed by atoms with Crippen molar-refractivity contribution in [2.75, 3.05) is 27.2 Å². The molecule has 3 N–H and O–H groups in total. The Morgan fingerprint density at radius 3 is 2.58 bits per heavy atom. The van der Waals surface area contributed by atoms with Crippen molar-refractivity contribution in [3.8, 4) is 0 Å². The van der Waals surface area contributed by atoms with Gasteiger partial charge < -0.3 is 10.6 Å². The van der Waals surface area contributed by atoms with E-state index in [1.54, 1.807) is 18.2 Å². The topological polar surface area (TPSA) is 75.4 Å². The van der Waals surface area contributed by atoms with Gasteiger partial charge in [-0.05, 0) is 33.1 Å². The summed E-state index contributed by atoms with van der Waals surface area (Å²) in [5, 5.41) is 0. The number of hydrogen-bond donors (Lipinski definition) is 2. The molecule has 1 rings (SSSR count). The maximum absolute atomic E-state index is 12.2. The third-order valence-electron chi connectivity index (χ3n) is 2.52. The van der Waals surface area contributed by atoms with Gasteiger partial charge in [-0.3, -0.25) is 0 Å². The van der Waals surface area contributed by atoms with E-state index >= 15 is 0 Å². The predicted molar refractivity (Wildman–Crippen MR) is 80.7 cm³/mol.